The van der Waals surface area contributed by atoms with Crippen molar-refractivity contribution in [2.24, 2.45) is 34.5 Å². The van der Waals surface area contributed by atoms with E-state index in [4.69, 9.17) is 23.7 Å². The number of ether oxygens (including phenoxy) is 5. The molecule has 5 aliphatic carbocycles. The standard InChI is InChI=1S/C31H43NO10/c1-32-13-28(14-38-2)17(33)11-18(39-3)30-16-12-29(36)25(42-27(35)15-9-7-6-8-10-15)19(16)31(37,24(34)26(29)41-5)20(23(30)32)21(40-4)22(28)30/h6-10,16-26,33-34,36-37H,11-14H2,1-5H3/t16-,17-,18+,19-,20?,21+,22-,23-,24+,25-,26+,28+,29-,30+,31-/m0/s1. The number of hydrogen-bond acceptors (Lipinski definition) is 11. The second-order valence-corrected chi connectivity index (χ2v) is 13.7. The minimum atomic E-state index is -1.86. The summed E-state index contributed by atoms with van der Waals surface area (Å²) in [7, 11) is 8.22. The lowest BCUT2D eigenvalue weighted by molar-refractivity contribution is -0.318. The molecule has 1 aromatic carbocycles. The molecule has 0 aromatic heterocycles. The van der Waals surface area contributed by atoms with Crippen molar-refractivity contribution in [3.63, 3.8) is 0 Å². The zero-order valence-corrected chi connectivity index (χ0v) is 24.8. The first kappa shape index (κ1) is 29.1. The van der Waals surface area contributed by atoms with Crippen LogP contribution in [-0.2, 0) is 23.7 Å². The van der Waals surface area contributed by atoms with Crippen LogP contribution in [0, 0.1) is 34.5 Å². The molecule has 0 radical (unpaired) electrons. The van der Waals surface area contributed by atoms with Crippen LogP contribution in [0.3, 0.4) is 0 Å². The predicted octanol–water partition coefficient (Wildman–Crippen LogP) is -0.313. The highest BCUT2D eigenvalue weighted by atomic mass is 16.6. The van der Waals surface area contributed by atoms with Gasteiger partial charge in [0, 0.05) is 76.0 Å². The Kier molecular flexibility index (Phi) is 6.52. The Morgan fingerprint density at radius 3 is 2.33 bits per heavy atom. The number of likely N-dealkylation sites (tertiary alicyclic amines) is 1. The number of methoxy groups -OCH3 is 4. The molecular formula is C31H43NO10. The Bertz CT molecular complexity index is 1240. The number of aliphatic hydroxyl groups is 4. The van der Waals surface area contributed by atoms with Gasteiger partial charge in [-0.1, -0.05) is 18.2 Å². The first-order valence-corrected chi connectivity index (χ1v) is 14.9. The second kappa shape index (κ2) is 9.42. The number of piperidine rings is 1. The summed E-state index contributed by atoms with van der Waals surface area (Å²) in [5, 5.41) is 49.4. The van der Waals surface area contributed by atoms with E-state index in [1.807, 2.05) is 7.05 Å². The van der Waals surface area contributed by atoms with E-state index in [1.165, 1.54) is 7.11 Å². The first-order valence-electron chi connectivity index (χ1n) is 14.9. The highest BCUT2D eigenvalue weighted by Gasteiger charge is 2.91. The van der Waals surface area contributed by atoms with Gasteiger partial charge in [0.2, 0.25) is 0 Å². The van der Waals surface area contributed by atoms with E-state index in [-0.39, 0.29) is 25.0 Å². The molecule has 232 valence electrons. The Morgan fingerprint density at radius 2 is 1.71 bits per heavy atom. The minimum absolute atomic E-state index is 0.102. The molecule has 1 spiro atoms. The molecule has 6 aliphatic rings. The molecule has 1 aliphatic heterocycles. The van der Waals surface area contributed by atoms with Gasteiger partial charge in [-0.05, 0) is 31.5 Å². The van der Waals surface area contributed by atoms with E-state index in [2.05, 4.69) is 4.90 Å². The summed E-state index contributed by atoms with van der Waals surface area (Å²) in [6, 6.07) is 8.22. The number of carbonyl (C=O) groups excluding carboxylic acids is 1. The molecule has 6 fully saturated rings. The van der Waals surface area contributed by atoms with Crippen LogP contribution in [-0.4, -0.2) is 134 Å². The smallest absolute Gasteiger partial charge is 0.338 e. The SMILES string of the molecule is COC[C@@]12CN(C)[C@H]3C4[C@@H](OC)[C@@H]1[C@]3([C@H](OC)C[C@@H]2O)[C@H]1C[C@@]2(O)[C@H](OC)[C@@H](O)[C@]4(O)[C@@H]1[C@@H]2OC(=O)c1ccccc1. The molecule has 42 heavy (non-hydrogen) atoms. The highest BCUT2D eigenvalue weighted by molar-refractivity contribution is 5.89. The molecule has 11 heteroatoms. The molecule has 4 N–H and O–H groups in total. The number of rotatable bonds is 7. The van der Waals surface area contributed by atoms with Crippen molar-refractivity contribution in [2.75, 3.05) is 48.6 Å². The van der Waals surface area contributed by atoms with Gasteiger partial charge in [0.1, 0.15) is 29.5 Å². The van der Waals surface area contributed by atoms with Crippen molar-refractivity contribution < 1.29 is 48.9 Å². The average molecular weight is 590 g/mol. The van der Waals surface area contributed by atoms with E-state index >= 15 is 0 Å². The van der Waals surface area contributed by atoms with Gasteiger partial charge >= 0.3 is 5.97 Å². The zero-order chi connectivity index (χ0) is 30.0. The Balaban J connectivity index is 1.47. The molecule has 1 unspecified atom stereocenters. The minimum Gasteiger partial charge on any atom is -0.455 e. The summed E-state index contributed by atoms with van der Waals surface area (Å²) in [5.74, 6) is -2.96. The Labute approximate surface area is 245 Å². The number of fused-ring (bicyclic) bond motifs is 2. The molecule has 7 rings (SSSR count). The molecule has 7 bridgehead atoms. The number of benzene rings is 1. The van der Waals surface area contributed by atoms with Crippen molar-refractivity contribution in [1.82, 2.24) is 4.90 Å². The van der Waals surface area contributed by atoms with Crippen LogP contribution >= 0.6 is 0 Å². The van der Waals surface area contributed by atoms with Gasteiger partial charge in [0.15, 0.2) is 0 Å². The normalized spacial score (nSPS) is 53.7. The molecule has 5 saturated carbocycles. The van der Waals surface area contributed by atoms with Gasteiger partial charge in [-0.15, -0.1) is 0 Å². The fraction of sp³-hybridized carbons (Fsp3) is 0.774. The van der Waals surface area contributed by atoms with Crippen molar-refractivity contribution >= 4 is 5.97 Å². The molecule has 11 nitrogen and oxygen atoms in total. The third-order valence-electron chi connectivity index (χ3n) is 12.6. The fourth-order valence-corrected chi connectivity index (χ4v) is 11.8. The number of esters is 1. The van der Waals surface area contributed by atoms with Crippen LogP contribution in [0.5, 0.6) is 0 Å². The van der Waals surface area contributed by atoms with Crippen LogP contribution in [0.2, 0.25) is 0 Å². The van der Waals surface area contributed by atoms with Crippen LogP contribution in [0.4, 0.5) is 0 Å². The summed E-state index contributed by atoms with van der Waals surface area (Å²) in [6.07, 6.45) is -5.28. The lowest BCUT2D eigenvalue weighted by Gasteiger charge is -2.69. The molecule has 1 heterocycles. The van der Waals surface area contributed by atoms with Crippen LogP contribution in [0.15, 0.2) is 30.3 Å². The van der Waals surface area contributed by atoms with E-state index < -0.39 is 82.4 Å². The Morgan fingerprint density at radius 1 is 1.00 bits per heavy atom. The van der Waals surface area contributed by atoms with Crippen LogP contribution < -0.4 is 0 Å². The van der Waals surface area contributed by atoms with Crippen molar-refractivity contribution in [1.29, 1.82) is 0 Å². The van der Waals surface area contributed by atoms with E-state index in [9.17, 15) is 25.2 Å². The third kappa shape index (κ3) is 3.05. The maximum Gasteiger partial charge on any atom is 0.338 e. The maximum atomic E-state index is 13.5. The molecular weight excluding hydrogens is 546 g/mol. The number of carbonyl (C=O) groups is 1. The lowest BCUT2D eigenvalue weighted by Crippen LogP contribution is -2.80. The summed E-state index contributed by atoms with van der Waals surface area (Å²) in [4.78, 5) is 15.7. The molecule has 1 saturated heterocycles. The van der Waals surface area contributed by atoms with Crippen LogP contribution in [0.1, 0.15) is 23.2 Å². The molecule has 15 atom stereocenters. The van der Waals surface area contributed by atoms with Crippen molar-refractivity contribution in [2.45, 2.75) is 66.7 Å². The third-order valence-corrected chi connectivity index (χ3v) is 12.6. The number of aliphatic hydroxyl groups excluding tert-OH is 2. The van der Waals surface area contributed by atoms with Gasteiger partial charge in [0.25, 0.3) is 0 Å². The summed E-state index contributed by atoms with van der Waals surface area (Å²) in [5.41, 5.74) is -4.81. The molecule has 0 amide bonds. The quantitative estimate of drug-likeness (QED) is 0.311. The summed E-state index contributed by atoms with van der Waals surface area (Å²) >= 11 is 0. The first-order chi connectivity index (χ1) is 20.0. The Hall–Kier alpha value is -1.67. The van der Waals surface area contributed by atoms with Gasteiger partial charge in [-0.2, -0.15) is 0 Å². The maximum absolute atomic E-state index is 13.5. The monoisotopic (exact) mass is 589 g/mol. The van der Waals surface area contributed by atoms with E-state index in [0.717, 1.165) is 0 Å². The van der Waals surface area contributed by atoms with Crippen LogP contribution in [0.25, 0.3) is 0 Å². The van der Waals surface area contributed by atoms with Gasteiger partial charge in [-0.3, -0.25) is 0 Å². The van der Waals surface area contributed by atoms with Gasteiger partial charge in [-0.25, -0.2) is 4.79 Å². The number of hydrogen-bond donors (Lipinski definition) is 4. The largest absolute Gasteiger partial charge is 0.455 e. The van der Waals surface area contributed by atoms with E-state index in [1.54, 1.807) is 51.7 Å². The highest BCUT2D eigenvalue weighted by Crippen LogP contribution is 2.80. The van der Waals surface area contributed by atoms with Gasteiger partial charge in [0.05, 0.1) is 30.5 Å². The molecule has 1 aromatic rings. The summed E-state index contributed by atoms with van der Waals surface area (Å²) in [6.45, 7) is 0.760. The fourth-order valence-electron chi connectivity index (χ4n) is 11.8. The van der Waals surface area contributed by atoms with Crippen molar-refractivity contribution in [3.8, 4) is 0 Å². The summed E-state index contributed by atoms with van der Waals surface area (Å²) < 4.78 is 30.3. The zero-order valence-electron chi connectivity index (χ0n) is 24.8. The number of nitrogens with zero attached hydrogens (tertiary/aromatic N) is 1. The topological polar surface area (TPSA) is 147 Å². The predicted molar refractivity (Wildman–Crippen MR) is 146 cm³/mol. The average Bonchev–Trinajstić information content (AvgIpc) is 3.37. The second-order valence-electron chi connectivity index (χ2n) is 13.7. The van der Waals surface area contributed by atoms with Crippen molar-refractivity contribution in [3.05, 3.63) is 35.9 Å². The lowest BCUT2D eigenvalue weighted by atomic mass is 9.42. The van der Waals surface area contributed by atoms with E-state index in [0.29, 0.717) is 18.5 Å². The van der Waals surface area contributed by atoms with Gasteiger partial charge < -0.3 is 49.0 Å².